The van der Waals surface area contributed by atoms with E-state index in [0.29, 0.717) is 5.78 Å². The Hall–Kier alpha value is -2.79. The van der Waals surface area contributed by atoms with E-state index in [9.17, 15) is 0 Å². The van der Waals surface area contributed by atoms with Gasteiger partial charge in [0.15, 0.2) is 0 Å². The van der Waals surface area contributed by atoms with Gasteiger partial charge in [-0.05, 0) is 68.2 Å². The zero-order chi connectivity index (χ0) is 18.6. The van der Waals surface area contributed by atoms with Crippen LogP contribution in [-0.4, -0.2) is 38.1 Å². The van der Waals surface area contributed by atoms with E-state index in [4.69, 9.17) is 0 Å². The van der Waals surface area contributed by atoms with Crippen LogP contribution in [0.5, 0.6) is 0 Å². The maximum atomic E-state index is 4.40. The molecule has 0 fully saturated rings. The van der Waals surface area contributed by atoms with Crippen LogP contribution in [0.2, 0.25) is 0 Å². The number of unbranched alkanes of at least 4 members (excludes halogenated alkanes) is 1. The van der Waals surface area contributed by atoms with E-state index in [2.05, 4.69) is 75.5 Å². The Labute approximate surface area is 159 Å². The van der Waals surface area contributed by atoms with Crippen molar-refractivity contribution < 1.29 is 0 Å². The quantitative estimate of drug-likeness (QED) is 0.467. The number of hydrogen-bond donors (Lipinski definition) is 0. The average Bonchev–Trinajstić information content (AvgIpc) is 3.13. The van der Waals surface area contributed by atoms with Crippen LogP contribution in [0, 0.1) is 6.92 Å². The van der Waals surface area contributed by atoms with Crippen LogP contribution < -0.4 is 0 Å². The molecule has 0 atom stereocenters. The van der Waals surface area contributed by atoms with Crippen LogP contribution in [0.25, 0.3) is 16.6 Å². The minimum atomic E-state index is 0.693. The Morgan fingerprint density at radius 2 is 1.85 bits per heavy atom. The van der Waals surface area contributed by atoms with Crippen LogP contribution in [0.4, 0.5) is 0 Å². The third-order valence-electron chi connectivity index (χ3n) is 4.94. The van der Waals surface area contributed by atoms with Crippen molar-refractivity contribution >= 4 is 16.6 Å². The number of fused-ring (bicyclic) bond motifs is 2. The first-order valence-corrected chi connectivity index (χ1v) is 9.51. The van der Waals surface area contributed by atoms with E-state index in [1.807, 2.05) is 11.4 Å². The second-order valence-corrected chi connectivity index (χ2v) is 7.24. The van der Waals surface area contributed by atoms with Gasteiger partial charge in [0.2, 0.25) is 0 Å². The van der Waals surface area contributed by atoms with Gasteiger partial charge in [0, 0.05) is 17.9 Å². The molecule has 2 heterocycles. The Morgan fingerprint density at radius 3 is 2.74 bits per heavy atom. The van der Waals surface area contributed by atoms with Crippen molar-refractivity contribution in [3.8, 4) is 0 Å². The highest BCUT2D eigenvalue weighted by Gasteiger charge is 2.06. The summed E-state index contributed by atoms with van der Waals surface area (Å²) in [7, 11) is 2.20. The molecule has 0 saturated heterocycles. The summed E-state index contributed by atoms with van der Waals surface area (Å²) in [4.78, 5) is 11.0. The number of nitrogens with zero attached hydrogens (tertiary/aromatic N) is 5. The van der Waals surface area contributed by atoms with Gasteiger partial charge in [0.1, 0.15) is 6.33 Å². The maximum absolute atomic E-state index is 4.40. The number of aryl methyl sites for hydroxylation is 2. The first kappa shape index (κ1) is 17.6. The Morgan fingerprint density at radius 1 is 1.00 bits per heavy atom. The van der Waals surface area contributed by atoms with E-state index in [-0.39, 0.29) is 0 Å². The third-order valence-corrected chi connectivity index (χ3v) is 4.94. The number of aromatic nitrogens is 4. The molecule has 4 aromatic rings. The second-order valence-electron chi connectivity index (χ2n) is 7.24. The molecule has 0 N–H and O–H groups in total. The van der Waals surface area contributed by atoms with Crippen molar-refractivity contribution in [1.82, 2.24) is 24.5 Å². The number of benzene rings is 2. The van der Waals surface area contributed by atoms with Crippen molar-refractivity contribution in [3.63, 3.8) is 0 Å². The lowest BCUT2D eigenvalue weighted by atomic mass is 10.1. The highest BCUT2D eigenvalue weighted by atomic mass is 15.3. The van der Waals surface area contributed by atoms with E-state index in [1.54, 1.807) is 6.33 Å². The molecule has 0 aliphatic rings. The van der Waals surface area contributed by atoms with Crippen molar-refractivity contribution in [1.29, 1.82) is 0 Å². The van der Waals surface area contributed by atoms with Crippen molar-refractivity contribution in [2.24, 2.45) is 0 Å². The zero-order valence-corrected chi connectivity index (χ0v) is 16.0. The van der Waals surface area contributed by atoms with Crippen LogP contribution >= 0.6 is 0 Å². The number of hydrogen-bond acceptors (Lipinski definition) is 4. The molecule has 2 aromatic carbocycles. The topological polar surface area (TPSA) is 46.3 Å². The van der Waals surface area contributed by atoms with Gasteiger partial charge in [-0.1, -0.05) is 36.4 Å². The average molecular weight is 359 g/mol. The molecule has 138 valence electrons. The van der Waals surface area contributed by atoms with Crippen LogP contribution in [0.15, 0.2) is 54.9 Å². The van der Waals surface area contributed by atoms with Crippen molar-refractivity contribution in [2.75, 3.05) is 13.6 Å². The van der Waals surface area contributed by atoms with Gasteiger partial charge >= 0.3 is 0 Å². The van der Waals surface area contributed by atoms with Crippen LogP contribution in [0.3, 0.4) is 0 Å². The van der Waals surface area contributed by atoms with Gasteiger partial charge in [0.05, 0.1) is 0 Å². The number of rotatable bonds is 7. The minimum absolute atomic E-state index is 0.693. The largest absolute Gasteiger partial charge is 0.302 e. The molecule has 4 rings (SSSR count). The summed E-state index contributed by atoms with van der Waals surface area (Å²) < 4.78 is 1.85. The normalized spacial score (nSPS) is 11.7. The van der Waals surface area contributed by atoms with Crippen molar-refractivity contribution in [3.05, 3.63) is 71.8 Å². The summed E-state index contributed by atoms with van der Waals surface area (Å²) in [6, 6.07) is 17.4. The Kier molecular flexibility index (Phi) is 5.12. The molecular weight excluding hydrogens is 334 g/mol. The van der Waals surface area contributed by atoms with Crippen LogP contribution in [-0.2, 0) is 13.0 Å². The lowest BCUT2D eigenvalue weighted by Crippen LogP contribution is -2.19. The molecule has 0 aliphatic carbocycles. The van der Waals surface area contributed by atoms with Gasteiger partial charge in [0.25, 0.3) is 5.78 Å². The molecule has 0 bridgehead atoms. The standard InChI is InChI=1S/C22H25N5/c1-17-13-21(27-22(25-17)23-16-24-27)9-5-6-12-26(2)15-18-10-11-19-7-3-4-8-20(19)14-18/h3-4,7-8,10-11,13-14,16H,5-6,9,12,15H2,1-2H3. The fraction of sp³-hybridized carbons (Fsp3) is 0.318. The van der Waals surface area contributed by atoms with Crippen molar-refractivity contribution in [2.45, 2.75) is 32.7 Å². The van der Waals surface area contributed by atoms with Gasteiger partial charge in [-0.15, -0.1) is 0 Å². The van der Waals surface area contributed by atoms with E-state index in [1.165, 1.54) is 22.0 Å². The molecular formula is C22H25N5. The monoisotopic (exact) mass is 359 g/mol. The lowest BCUT2D eigenvalue weighted by molar-refractivity contribution is 0.318. The molecule has 5 heteroatoms. The van der Waals surface area contributed by atoms with E-state index < -0.39 is 0 Å². The lowest BCUT2D eigenvalue weighted by Gasteiger charge is -2.17. The second kappa shape index (κ2) is 7.84. The molecule has 0 unspecified atom stereocenters. The molecule has 0 spiro atoms. The maximum Gasteiger partial charge on any atom is 0.252 e. The summed E-state index contributed by atoms with van der Waals surface area (Å²) >= 11 is 0. The summed E-state index contributed by atoms with van der Waals surface area (Å²) in [6.45, 7) is 4.07. The Bertz CT molecular complexity index is 1050. The van der Waals surface area contributed by atoms with E-state index in [0.717, 1.165) is 38.0 Å². The summed E-state index contributed by atoms with van der Waals surface area (Å²) in [5.41, 5.74) is 3.55. The molecule has 2 aromatic heterocycles. The first-order chi connectivity index (χ1) is 13.2. The highest BCUT2D eigenvalue weighted by Crippen LogP contribution is 2.17. The summed E-state index contributed by atoms with van der Waals surface area (Å²) in [6.07, 6.45) is 4.85. The Balaban J connectivity index is 1.30. The molecule has 27 heavy (non-hydrogen) atoms. The first-order valence-electron chi connectivity index (χ1n) is 9.51. The SMILES string of the molecule is Cc1cc(CCCCN(C)Cc2ccc3ccccc3c2)n2ncnc2n1. The van der Waals surface area contributed by atoms with Crippen LogP contribution in [0.1, 0.15) is 29.8 Å². The van der Waals surface area contributed by atoms with E-state index >= 15 is 0 Å². The smallest absolute Gasteiger partial charge is 0.252 e. The van der Waals surface area contributed by atoms with Gasteiger partial charge in [-0.25, -0.2) is 9.50 Å². The molecule has 0 aliphatic heterocycles. The molecule has 0 radical (unpaired) electrons. The minimum Gasteiger partial charge on any atom is -0.302 e. The zero-order valence-electron chi connectivity index (χ0n) is 16.0. The van der Waals surface area contributed by atoms with Gasteiger partial charge < -0.3 is 4.90 Å². The van der Waals surface area contributed by atoms with Gasteiger partial charge in [-0.2, -0.15) is 10.1 Å². The molecule has 0 saturated carbocycles. The summed E-state index contributed by atoms with van der Waals surface area (Å²) in [5, 5.41) is 6.90. The fourth-order valence-corrected chi connectivity index (χ4v) is 3.60. The molecule has 0 amide bonds. The highest BCUT2D eigenvalue weighted by molar-refractivity contribution is 5.82. The third kappa shape index (κ3) is 4.14. The summed E-state index contributed by atoms with van der Waals surface area (Å²) in [5.74, 6) is 0.693. The predicted molar refractivity (Wildman–Crippen MR) is 109 cm³/mol. The fourth-order valence-electron chi connectivity index (χ4n) is 3.60. The molecule has 5 nitrogen and oxygen atoms in total. The predicted octanol–water partition coefficient (Wildman–Crippen LogP) is 4.04. The van der Waals surface area contributed by atoms with Gasteiger partial charge in [-0.3, -0.25) is 0 Å².